The third kappa shape index (κ3) is 8.33. The molecule has 1 fully saturated rings. The van der Waals surface area contributed by atoms with E-state index in [9.17, 15) is 9.59 Å². The van der Waals surface area contributed by atoms with E-state index in [4.69, 9.17) is 48.4 Å². The largest absolute Gasteiger partial charge is 0.444 e. The second-order valence-electron chi connectivity index (χ2n) is 11.8. The Morgan fingerprint density at radius 3 is 2.18 bits per heavy atom. The maximum absolute atomic E-state index is 12.7. The van der Waals surface area contributed by atoms with Crippen LogP contribution >= 0.6 is 23.2 Å². The fourth-order valence-electron chi connectivity index (χ4n) is 4.10. The number of nitrogens with one attached hydrogen (secondary N) is 2. The Morgan fingerprint density at radius 1 is 1.03 bits per heavy atom. The van der Waals surface area contributed by atoms with Gasteiger partial charge in [-0.25, -0.2) is 19.6 Å². The van der Waals surface area contributed by atoms with Crippen molar-refractivity contribution in [3.05, 3.63) is 33.9 Å². The fourth-order valence-corrected chi connectivity index (χ4v) is 4.49. The quantitative estimate of drug-likeness (QED) is 0.384. The molecule has 10 nitrogen and oxygen atoms in total. The van der Waals surface area contributed by atoms with E-state index in [1.54, 1.807) is 39.0 Å². The Labute approximate surface area is 239 Å². The van der Waals surface area contributed by atoms with Gasteiger partial charge in [0.05, 0.1) is 15.7 Å². The number of amides is 2. The molecule has 1 aromatic carbocycles. The molecule has 2 amide bonds. The average molecular weight is 582 g/mol. The minimum absolute atomic E-state index is 0.101. The summed E-state index contributed by atoms with van der Waals surface area (Å²) in [6, 6.07) is 5.14. The number of ether oxygens (including phenoxy) is 2. The van der Waals surface area contributed by atoms with Crippen molar-refractivity contribution in [2.45, 2.75) is 84.6 Å². The SMILES string of the molecule is CC1(NC(=O)OC(C)(C)C)CCN(c2nc(NC(=O)OC(C)(C)C)c(-c3cccc(Cl)c3Cl)nc2CN)CC1. The topological polar surface area (TPSA) is 132 Å². The van der Waals surface area contributed by atoms with Gasteiger partial charge in [-0.2, -0.15) is 0 Å². The summed E-state index contributed by atoms with van der Waals surface area (Å²) in [4.78, 5) is 36.8. The van der Waals surface area contributed by atoms with Crippen molar-refractivity contribution in [2.24, 2.45) is 5.73 Å². The first-order valence-electron chi connectivity index (χ1n) is 12.8. The zero-order valence-corrected chi connectivity index (χ0v) is 25.1. The van der Waals surface area contributed by atoms with Crippen molar-refractivity contribution < 1.29 is 19.1 Å². The predicted molar refractivity (Wildman–Crippen MR) is 154 cm³/mol. The first-order valence-corrected chi connectivity index (χ1v) is 13.6. The fraction of sp³-hybridized carbons (Fsp3) is 0.556. The highest BCUT2D eigenvalue weighted by molar-refractivity contribution is 6.43. The van der Waals surface area contributed by atoms with Crippen LogP contribution in [0.3, 0.4) is 0 Å². The normalized spacial score (nSPS) is 15.5. The minimum atomic E-state index is -0.718. The third-order valence-corrected chi connectivity index (χ3v) is 6.75. The smallest absolute Gasteiger partial charge is 0.413 e. The molecule has 4 N–H and O–H groups in total. The molecule has 2 heterocycles. The van der Waals surface area contributed by atoms with Crippen LogP contribution in [-0.4, -0.2) is 52.0 Å². The van der Waals surface area contributed by atoms with Crippen molar-refractivity contribution in [3.63, 3.8) is 0 Å². The molecular weight excluding hydrogens is 543 g/mol. The van der Waals surface area contributed by atoms with Crippen LogP contribution in [0.5, 0.6) is 0 Å². The highest BCUT2D eigenvalue weighted by Crippen LogP contribution is 2.38. The van der Waals surface area contributed by atoms with Crippen LogP contribution in [0.2, 0.25) is 10.0 Å². The van der Waals surface area contributed by atoms with Gasteiger partial charge in [-0.1, -0.05) is 35.3 Å². The molecule has 0 atom stereocenters. The molecule has 1 aromatic heterocycles. The van der Waals surface area contributed by atoms with Crippen LogP contribution in [0.25, 0.3) is 11.3 Å². The van der Waals surface area contributed by atoms with E-state index in [2.05, 4.69) is 10.6 Å². The highest BCUT2D eigenvalue weighted by atomic mass is 35.5. The van der Waals surface area contributed by atoms with E-state index in [0.717, 1.165) is 0 Å². The summed E-state index contributed by atoms with van der Waals surface area (Å²) >= 11 is 12.8. The van der Waals surface area contributed by atoms with E-state index >= 15 is 0 Å². The molecule has 0 aliphatic carbocycles. The van der Waals surface area contributed by atoms with Crippen LogP contribution in [-0.2, 0) is 16.0 Å². The molecular formula is C27H38Cl2N6O4. The number of piperidine rings is 1. The molecule has 1 aliphatic rings. The van der Waals surface area contributed by atoms with Gasteiger partial charge in [-0.15, -0.1) is 0 Å². The van der Waals surface area contributed by atoms with Gasteiger partial charge in [-0.3, -0.25) is 5.32 Å². The Kier molecular flexibility index (Phi) is 9.24. The van der Waals surface area contributed by atoms with Crippen molar-refractivity contribution in [2.75, 3.05) is 23.3 Å². The minimum Gasteiger partial charge on any atom is -0.444 e. The molecule has 12 heteroatoms. The van der Waals surface area contributed by atoms with Crippen molar-refractivity contribution in [1.82, 2.24) is 15.3 Å². The second kappa shape index (κ2) is 11.7. The van der Waals surface area contributed by atoms with Crippen LogP contribution < -0.4 is 21.3 Å². The summed E-state index contributed by atoms with van der Waals surface area (Å²) in [5, 5.41) is 6.35. The highest BCUT2D eigenvalue weighted by Gasteiger charge is 2.35. The number of anilines is 2. The number of hydrogen-bond donors (Lipinski definition) is 3. The zero-order valence-electron chi connectivity index (χ0n) is 23.6. The summed E-state index contributed by atoms with van der Waals surface area (Å²) in [5.41, 5.74) is 5.70. The number of carbonyl (C=O) groups is 2. The number of nitrogens with two attached hydrogens (primary N) is 1. The number of benzene rings is 1. The van der Waals surface area contributed by atoms with Gasteiger partial charge in [0.1, 0.15) is 16.9 Å². The first kappa shape index (κ1) is 30.7. The standard InChI is InChI=1S/C27H38Cl2N6O4/c1-25(2,3)38-23(36)33-21-20(16-9-8-10-17(28)19(16)29)31-18(15-30)22(32-21)35-13-11-27(7,12-14-35)34-24(37)39-26(4,5)6/h8-10H,11-15,30H2,1-7H3,(H,34,37)(H,32,33,36). The first-order chi connectivity index (χ1) is 18.0. The lowest BCUT2D eigenvalue weighted by Crippen LogP contribution is -2.54. The van der Waals surface area contributed by atoms with Crippen LogP contribution in [0.15, 0.2) is 18.2 Å². The summed E-state index contributed by atoms with van der Waals surface area (Å²) in [7, 11) is 0. The number of halogens is 2. The second-order valence-corrected chi connectivity index (χ2v) is 12.6. The number of alkyl carbamates (subject to hydrolysis) is 1. The number of rotatable bonds is 5. The molecule has 0 radical (unpaired) electrons. The molecule has 2 aromatic rings. The maximum atomic E-state index is 12.7. The van der Waals surface area contributed by atoms with E-state index < -0.39 is 28.9 Å². The summed E-state index contributed by atoms with van der Waals surface area (Å²) < 4.78 is 10.9. The van der Waals surface area contributed by atoms with Crippen molar-refractivity contribution >= 4 is 47.0 Å². The number of aromatic nitrogens is 2. The molecule has 1 aliphatic heterocycles. The van der Waals surface area contributed by atoms with E-state index in [1.165, 1.54) is 0 Å². The Hall–Kier alpha value is -2.82. The van der Waals surface area contributed by atoms with Gasteiger partial charge in [0, 0.05) is 30.7 Å². The maximum Gasteiger partial charge on any atom is 0.413 e. The van der Waals surface area contributed by atoms with Gasteiger partial charge in [0.25, 0.3) is 0 Å². The monoisotopic (exact) mass is 580 g/mol. The molecule has 0 unspecified atom stereocenters. The predicted octanol–water partition coefficient (Wildman–Crippen LogP) is 6.14. The molecule has 0 spiro atoms. The van der Waals surface area contributed by atoms with Gasteiger partial charge in [-0.05, 0) is 67.4 Å². The van der Waals surface area contributed by atoms with E-state index in [0.29, 0.717) is 53.7 Å². The third-order valence-electron chi connectivity index (χ3n) is 5.94. The molecule has 0 saturated carbocycles. The van der Waals surface area contributed by atoms with Crippen molar-refractivity contribution in [1.29, 1.82) is 0 Å². The molecule has 39 heavy (non-hydrogen) atoms. The summed E-state index contributed by atoms with van der Waals surface area (Å²) in [6.07, 6.45) is 0.131. The number of nitrogens with zero attached hydrogens (tertiary/aromatic N) is 3. The number of hydrogen-bond acceptors (Lipinski definition) is 8. The van der Waals surface area contributed by atoms with Gasteiger partial charge >= 0.3 is 12.2 Å². The lowest BCUT2D eigenvalue weighted by atomic mass is 9.89. The van der Waals surface area contributed by atoms with Crippen LogP contribution in [0.1, 0.15) is 67.0 Å². The molecule has 1 saturated heterocycles. The Morgan fingerprint density at radius 2 is 1.62 bits per heavy atom. The van der Waals surface area contributed by atoms with E-state index in [-0.39, 0.29) is 17.4 Å². The Bertz CT molecular complexity index is 1220. The van der Waals surface area contributed by atoms with Crippen LogP contribution in [0, 0.1) is 0 Å². The van der Waals surface area contributed by atoms with Gasteiger partial charge in [0.2, 0.25) is 0 Å². The summed E-state index contributed by atoms with van der Waals surface area (Å²) in [6.45, 7) is 14.0. The number of carbonyl (C=O) groups excluding carboxylic acids is 2. The van der Waals surface area contributed by atoms with Crippen LogP contribution in [0.4, 0.5) is 21.2 Å². The van der Waals surface area contributed by atoms with Gasteiger partial charge in [0.15, 0.2) is 11.6 Å². The summed E-state index contributed by atoms with van der Waals surface area (Å²) in [5.74, 6) is 0.700. The lowest BCUT2D eigenvalue weighted by Gasteiger charge is -2.41. The van der Waals surface area contributed by atoms with Gasteiger partial charge < -0.3 is 25.4 Å². The lowest BCUT2D eigenvalue weighted by molar-refractivity contribution is 0.0447. The van der Waals surface area contributed by atoms with E-state index in [1.807, 2.05) is 32.6 Å². The zero-order chi connectivity index (χ0) is 29.2. The average Bonchev–Trinajstić information content (AvgIpc) is 2.78. The molecule has 3 rings (SSSR count). The Balaban J connectivity index is 1.94. The molecule has 214 valence electrons. The molecule has 0 bridgehead atoms. The van der Waals surface area contributed by atoms with Crippen molar-refractivity contribution in [3.8, 4) is 11.3 Å².